The normalized spacial score (nSPS) is 52.7. The molecule has 8 aliphatic carbocycles. The van der Waals surface area contributed by atoms with Crippen LogP contribution in [0.25, 0.3) is 0 Å². The number of carbonyl (C=O) groups is 8. The number of halogens is 4. The van der Waals surface area contributed by atoms with E-state index in [0.717, 1.165) is 25.7 Å². The number of aliphatic carboxylic acids is 4. The summed E-state index contributed by atoms with van der Waals surface area (Å²) in [5, 5.41) is 44.0. The summed E-state index contributed by atoms with van der Waals surface area (Å²) >= 11 is 13.5. The Balaban J connectivity index is 0.000000106. The van der Waals surface area contributed by atoms with Gasteiger partial charge in [-0.15, -0.1) is 0 Å². The fourth-order valence-corrected chi connectivity index (χ4v) is 17.4. The van der Waals surface area contributed by atoms with Gasteiger partial charge in [0.15, 0.2) is 0 Å². The molecule has 4 saturated heterocycles. The molecule has 21 heteroatoms. The smallest absolute Gasteiger partial charge is 0.550 e. The Kier molecular flexibility index (Phi) is 10.2. The van der Waals surface area contributed by atoms with Crippen LogP contribution in [0.5, 0.6) is 0 Å². The minimum Gasteiger partial charge on any atom is -0.550 e. The summed E-state index contributed by atoms with van der Waals surface area (Å²) in [4.78, 5) is 89.7. The van der Waals surface area contributed by atoms with Gasteiger partial charge in [0.2, 0.25) is 0 Å². The number of hydrogen-bond acceptors (Lipinski definition) is 16. The third kappa shape index (κ3) is 5.43. The van der Waals surface area contributed by atoms with Crippen LogP contribution in [0.2, 0.25) is 0 Å². The van der Waals surface area contributed by atoms with Crippen molar-refractivity contribution in [2.75, 3.05) is 0 Å². The van der Waals surface area contributed by atoms with Gasteiger partial charge in [-0.1, -0.05) is 63.7 Å². The van der Waals surface area contributed by atoms with Crippen molar-refractivity contribution in [1.29, 1.82) is 0 Å². The largest absolute Gasteiger partial charge is 4.00 e. The van der Waals surface area contributed by atoms with Gasteiger partial charge in [-0.05, 0) is 51.4 Å². The second-order valence-electron chi connectivity index (χ2n) is 17.3. The molecular formula is C36H32Br4O16Zr. The van der Waals surface area contributed by atoms with Crippen molar-refractivity contribution < 1.29 is 104 Å². The SMILES string of the molecule is O=C1OC2C(Br)C23CCC1C3C(=O)[O-].O=C1OC2C(Br)C23CCC1C3C(=O)[O-].O=C1OC2C(Br)C23CCC1C3C(=O)[O-].O=C1OC2C(Br)C23CCC1C3C(=O)[O-].[Zr+4]. The molecule has 4 aliphatic heterocycles. The van der Waals surface area contributed by atoms with Crippen LogP contribution in [0.15, 0.2) is 0 Å². The average molecular weight is 1130 g/mol. The molecule has 0 amide bonds. The molecule has 12 fully saturated rings. The zero-order chi connectivity index (χ0) is 40.3. The van der Waals surface area contributed by atoms with Crippen molar-refractivity contribution in [2.24, 2.45) is 69.0 Å². The van der Waals surface area contributed by atoms with Crippen LogP contribution in [-0.4, -0.2) is 91.5 Å². The van der Waals surface area contributed by atoms with E-state index in [9.17, 15) is 58.8 Å². The molecule has 4 spiro atoms. The summed E-state index contributed by atoms with van der Waals surface area (Å²) < 4.78 is 20.6. The van der Waals surface area contributed by atoms with Gasteiger partial charge in [-0.2, -0.15) is 0 Å². The van der Waals surface area contributed by atoms with Crippen LogP contribution >= 0.6 is 63.7 Å². The predicted octanol–water partition coefficient (Wildman–Crippen LogP) is -2.20. The second kappa shape index (κ2) is 13.8. The third-order valence-corrected chi connectivity index (χ3v) is 20.8. The third-order valence-electron chi connectivity index (χ3n) is 15.5. The standard InChI is InChI=1S/4C9H9BrO4.Zr/c4*10-5-6-9(5)2-1-3(8(13)14-6)4(9)7(11)12;/h4*3-6H,1-2H2,(H,11,12);/q;;;;+4/p-4. The van der Waals surface area contributed by atoms with Crippen LogP contribution < -0.4 is 20.4 Å². The number of esters is 4. The zero-order valence-electron chi connectivity index (χ0n) is 29.4. The van der Waals surface area contributed by atoms with E-state index >= 15 is 0 Å². The molecule has 12 rings (SSSR count). The first-order chi connectivity index (χ1) is 26.3. The first-order valence-electron chi connectivity index (χ1n) is 18.6. The maximum absolute atomic E-state index is 11.4. The molecule has 20 unspecified atom stereocenters. The number of ether oxygens (including phenoxy) is 4. The Labute approximate surface area is 376 Å². The summed E-state index contributed by atoms with van der Waals surface area (Å²) in [5.74, 6) is -10.3. The summed E-state index contributed by atoms with van der Waals surface area (Å²) in [6.45, 7) is 0. The molecule has 8 bridgehead atoms. The Morgan fingerprint density at radius 3 is 0.754 bits per heavy atom. The Morgan fingerprint density at radius 2 is 0.596 bits per heavy atom. The summed E-state index contributed by atoms with van der Waals surface area (Å²) in [6, 6.07) is 0. The Morgan fingerprint density at radius 1 is 0.421 bits per heavy atom. The van der Waals surface area contributed by atoms with Crippen LogP contribution in [0.4, 0.5) is 0 Å². The van der Waals surface area contributed by atoms with Gasteiger partial charge in [-0.3, -0.25) is 19.2 Å². The summed E-state index contributed by atoms with van der Waals surface area (Å²) in [7, 11) is 0. The van der Waals surface area contributed by atoms with Gasteiger partial charge in [0.25, 0.3) is 0 Å². The topological polar surface area (TPSA) is 266 Å². The monoisotopic (exact) mass is 1130 g/mol. The van der Waals surface area contributed by atoms with Gasteiger partial charge < -0.3 is 58.6 Å². The van der Waals surface area contributed by atoms with E-state index in [1.165, 1.54) is 0 Å². The first kappa shape index (κ1) is 42.3. The van der Waals surface area contributed by atoms with Gasteiger partial charge in [-0.25, -0.2) is 0 Å². The molecule has 16 nitrogen and oxygen atoms in total. The molecule has 0 aromatic heterocycles. The van der Waals surface area contributed by atoms with Crippen molar-refractivity contribution in [2.45, 2.75) is 95.1 Å². The van der Waals surface area contributed by atoms with Crippen LogP contribution in [-0.2, 0) is 83.5 Å². The predicted molar refractivity (Wildman–Crippen MR) is 185 cm³/mol. The molecule has 57 heavy (non-hydrogen) atoms. The van der Waals surface area contributed by atoms with Gasteiger partial charge in [0.1, 0.15) is 24.4 Å². The maximum atomic E-state index is 11.4. The van der Waals surface area contributed by atoms with Crippen LogP contribution in [0.1, 0.15) is 51.4 Å². The van der Waals surface area contributed by atoms with Gasteiger partial charge >= 0.3 is 50.1 Å². The molecule has 8 saturated carbocycles. The van der Waals surface area contributed by atoms with Crippen molar-refractivity contribution in [3.63, 3.8) is 0 Å². The number of carboxylic acids is 4. The minimum absolute atomic E-state index is 0. The fraction of sp³-hybridized carbons (Fsp3) is 0.778. The number of fused-ring (bicyclic) bond motifs is 4. The molecule has 0 aromatic rings. The van der Waals surface area contributed by atoms with Gasteiger partial charge in [0.05, 0.1) is 43.0 Å². The van der Waals surface area contributed by atoms with E-state index in [1.807, 2.05) is 0 Å². The minimum atomic E-state index is -1.10. The molecule has 0 N–H and O–H groups in total. The van der Waals surface area contributed by atoms with E-state index < -0.39 is 71.2 Å². The van der Waals surface area contributed by atoms with Gasteiger partial charge in [0, 0.05) is 69.2 Å². The molecule has 20 atom stereocenters. The number of carbonyl (C=O) groups excluding carboxylic acids is 8. The number of alkyl halides is 4. The molecule has 4 heterocycles. The van der Waals surface area contributed by atoms with E-state index in [2.05, 4.69) is 63.7 Å². The quantitative estimate of drug-likeness (QED) is 0.164. The van der Waals surface area contributed by atoms with E-state index in [4.69, 9.17) is 18.9 Å². The van der Waals surface area contributed by atoms with E-state index in [0.29, 0.717) is 25.7 Å². The molecular weight excluding hydrogens is 1100 g/mol. The van der Waals surface area contributed by atoms with Crippen molar-refractivity contribution in [3.05, 3.63) is 0 Å². The molecule has 304 valence electrons. The van der Waals surface area contributed by atoms with E-state index in [-0.39, 0.29) is 115 Å². The first-order valence-corrected chi connectivity index (χ1v) is 22.2. The summed E-state index contributed by atoms with van der Waals surface area (Å²) in [6.07, 6.45) is 4.54. The van der Waals surface area contributed by atoms with Crippen molar-refractivity contribution >= 4 is 111 Å². The average Bonchev–Trinajstić information content (AvgIpc) is 3.93. The molecule has 0 radical (unpaired) electrons. The number of carboxylic acid groups (broad SMARTS) is 4. The molecule has 12 aliphatic rings. The van der Waals surface area contributed by atoms with E-state index in [1.54, 1.807) is 0 Å². The van der Waals surface area contributed by atoms with Crippen molar-refractivity contribution in [1.82, 2.24) is 0 Å². The zero-order valence-corrected chi connectivity index (χ0v) is 38.2. The van der Waals surface area contributed by atoms with Crippen LogP contribution in [0, 0.1) is 69.0 Å². The summed E-state index contributed by atoms with van der Waals surface area (Å²) in [5.41, 5.74) is -1.40. The Bertz CT molecular complexity index is 1640. The Hall–Kier alpha value is -1.44. The van der Waals surface area contributed by atoms with Crippen molar-refractivity contribution in [3.8, 4) is 0 Å². The second-order valence-corrected chi connectivity index (χ2v) is 21.2. The van der Waals surface area contributed by atoms with Crippen LogP contribution in [0.3, 0.4) is 0 Å². The number of rotatable bonds is 4. The molecule has 0 aromatic carbocycles. The maximum Gasteiger partial charge on any atom is 4.00 e. The fourth-order valence-electron chi connectivity index (χ4n) is 12.5. The number of hydrogen-bond donors (Lipinski definition) is 0.